The van der Waals surface area contributed by atoms with Crippen LogP contribution < -0.4 is 9.80 Å². The summed E-state index contributed by atoms with van der Waals surface area (Å²) < 4.78 is 21.1. The van der Waals surface area contributed by atoms with E-state index in [1.165, 1.54) is 0 Å². The molecule has 2 aromatic heterocycles. The van der Waals surface area contributed by atoms with Gasteiger partial charge in [-0.3, -0.25) is 9.98 Å². The first-order chi connectivity index (χ1) is 16.1. The summed E-state index contributed by atoms with van der Waals surface area (Å²) in [6, 6.07) is 9.80. The van der Waals surface area contributed by atoms with Gasteiger partial charge < -0.3 is 9.80 Å². The van der Waals surface area contributed by atoms with Gasteiger partial charge in [0.15, 0.2) is 5.84 Å². The van der Waals surface area contributed by atoms with Crippen LogP contribution >= 0.6 is 0 Å². The normalized spacial score (nSPS) is 21.2. The van der Waals surface area contributed by atoms with Crippen molar-refractivity contribution in [2.75, 3.05) is 29.9 Å². The predicted molar refractivity (Wildman–Crippen MR) is 137 cm³/mol. The average Bonchev–Trinajstić information content (AvgIpc) is 3.49. The monoisotopic (exact) mass is 463 g/mol. The lowest BCUT2D eigenvalue weighted by molar-refractivity contribution is 0.571. The van der Waals surface area contributed by atoms with E-state index in [0.29, 0.717) is 11.5 Å². The van der Waals surface area contributed by atoms with Crippen molar-refractivity contribution in [3.63, 3.8) is 0 Å². The maximum Gasteiger partial charge on any atom is 0.268 e. The molecule has 0 amide bonds. The summed E-state index contributed by atoms with van der Waals surface area (Å²) in [4.78, 5) is 17.6. The fourth-order valence-electron chi connectivity index (χ4n) is 4.12. The number of aliphatic imine (C=N–C) groups is 1. The van der Waals surface area contributed by atoms with Crippen LogP contribution in [0.2, 0.25) is 0 Å². The van der Waals surface area contributed by atoms with Gasteiger partial charge in [0.25, 0.3) is 11.2 Å². The molecule has 2 unspecified atom stereocenters. The number of hydrogen-bond acceptors (Lipinski definition) is 6. The van der Waals surface area contributed by atoms with E-state index in [0.717, 1.165) is 50.3 Å². The molecule has 0 bridgehead atoms. The highest BCUT2D eigenvalue weighted by Crippen LogP contribution is 2.31. The van der Waals surface area contributed by atoms with Crippen LogP contribution in [0.3, 0.4) is 0 Å². The molecule has 0 N–H and O–H groups in total. The van der Waals surface area contributed by atoms with Crippen LogP contribution in [-0.2, 0) is 11.2 Å². The van der Waals surface area contributed by atoms with Gasteiger partial charge in [-0.15, -0.1) is 4.40 Å². The topological polar surface area (TPSA) is 86.4 Å². The first-order valence-corrected chi connectivity index (χ1v) is 12.3. The van der Waals surface area contributed by atoms with Crippen molar-refractivity contribution in [2.45, 2.75) is 38.1 Å². The lowest BCUT2D eigenvalue weighted by atomic mass is 9.87. The maximum absolute atomic E-state index is 12.4. The highest BCUT2D eigenvalue weighted by atomic mass is 32.2. The second kappa shape index (κ2) is 10.6. The quantitative estimate of drug-likeness (QED) is 0.500. The number of amidine groups is 1. The Bertz CT molecular complexity index is 1070. The number of rotatable bonds is 10. The molecule has 0 saturated heterocycles. The molecule has 2 aliphatic heterocycles. The van der Waals surface area contributed by atoms with Crippen molar-refractivity contribution in [3.8, 4) is 0 Å². The Hall–Kier alpha value is -3.20. The summed E-state index contributed by atoms with van der Waals surface area (Å²) in [6.07, 6.45) is 14.8. The highest BCUT2D eigenvalue weighted by molar-refractivity contribution is 7.83. The molecule has 33 heavy (non-hydrogen) atoms. The van der Waals surface area contributed by atoms with E-state index in [4.69, 9.17) is 4.99 Å². The fourth-order valence-corrected chi connectivity index (χ4v) is 4.91. The van der Waals surface area contributed by atoms with Crippen molar-refractivity contribution >= 4 is 40.4 Å². The zero-order chi connectivity index (χ0) is 23.1. The molecule has 172 valence electrons. The lowest BCUT2D eigenvalue weighted by Crippen LogP contribution is -2.44. The zero-order valence-electron chi connectivity index (χ0n) is 19.0. The number of aromatic nitrogens is 2. The second-order valence-electron chi connectivity index (χ2n) is 8.04. The minimum Gasteiger partial charge on any atom is -0.357 e. The van der Waals surface area contributed by atoms with Crippen LogP contribution in [0.1, 0.15) is 32.6 Å². The van der Waals surface area contributed by atoms with E-state index in [-0.39, 0.29) is 0 Å². The van der Waals surface area contributed by atoms with Crippen LogP contribution in [0, 0.1) is 0 Å². The van der Waals surface area contributed by atoms with Gasteiger partial charge in [-0.05, 0) is 62.1 Å². The first kappa shape index (κ1) is 23.0. The highest BCUT2D eigenvalue weighted by Gasteiger charge is 2.41. The van der Waals surface area contributed by atoms with Crippen LogP contribution in [0.5, 0.6) is 0 Å². The van der Waals surface area contributed by atoms with Crippen molar-refractivity contribution in [2.24, 2.45) is 13.8 Å². The molecule has 0 aromatic carbocycles. The van der Waals surface area contributed by atoms with Crippen molar-refractivity contribution in [1.29, 1.82) is 0 Å². The van der Waals surface area contributed by atoms with Gasteiger partial charge >= 0.3 is 0 Å². The summed E-state index contributed by atoms with van der Waals surface area (Å²) in [6.45, 7) is 4.07. The van der Waals surface area contributed by atoms with E-state index in [1.807, 2.05) is 54.6 Å². The van der Waals surface area contributed by atoms with Crippen molar-refractivity contribution < 1.29 is 4.21 Å². The van der Waals surface area contributed by atoms with Crippen LogP contribution in [0.25, 0.3) is 0 Å². The van der Waals surface area contributed by atoms with E-state index >= 15 is 0 Å². The molecular weight excluding hydrogens is 434 g/mol. The molecular formula is C24H29N7OS. The van der Waals surface area contributed by atoms with Gasteiger partial charge in [0.2, 0.25) is 0 Å². The summed E-state index contributed by atoms with van der Waals surface area (Å²) in [5.41, 5.74) is 0.912. The Morgan fingerprint density at radius 2 is 1.88 bits per heavy atom. The number of hydrogen-bond donors (Lipinski definition) is 0. The smallest absolute Gasteiger partial charge is 0.268 e. The Morgan fingerprint density at radius 3 is 2.58 bits per heavy atom. The minimum atomic E-state index is -1.65. The zero-order valence-corrected chi connectivity index (χ0v) is 19.9. The molecule has 9 heteroatoms. The van der Waals surface area contributed by atoms with E-state index in [1.54, 1.807) is 18.6 Å². The Labute approximate surface area is 197 Å². The Kier molecular flexibility index (Phi) is 7.39. The van der Waals surface area contributed by atoms with Crippen LogP contribution in [-0.4, -0.2) is 57.6 Å². The molecule has 0 aliphatic carbocycles. The van der Waals surface area contributed by atoms with Crippen molar-refractivity contribution in [1.82, 2.24) is 9.97 Å². The third-order valence-corrected chi connectivity index (χ3v) is 6.46. The SMILES string of the molecule is CCCN(CCCCC1(C2=NS(=O)N=C2N(C)c2ccncc2)C=CC=N1)c1ccccn1. The lowest BCUT2D eigenvalue weighted by Gasteiger charge is -2.29. The molecule has 2 atom stereocenters. The molecule has 2 aromatic rings. The minimum absolute atomic E-state index is 0.587. The van der Waals surface area contributed by atoms with E-state index in [2.05, 4.69) is 36.7 Å². The standard InChI is InChI=1S/C24H29N7OS/c1-3-18-31(21-9-4-6-14-26-21)19-7-5-12-24(13-8-15-27-24)22-23(29-33(32)28-22)30(2)20-10-16-25-17-11-20/h4,6,8-11,13-17H,3,5,7,12,18-19H2,1-2H3. The van der Waals surface area contributed by atoms with Gasteiger partial charge in [0, 0.05) is 50.6 Å². The number of nitrogens with zero attached hydrogens (tertiary/aromatic N) is 7. The summed E-state index contributed by atoms with van der Waals surface area (Å²) >= 11 is -1.65. The third-order valence-electron chi connectivity index (χ3n) is 5.79. The molecule has 2 aliphatic rings. The molecule has 4 heterocycles. The Morgan fingerprint density at radius 1 is 1.03 bits per heavy atom. The van der Waals surface area contributed by atoms with Crippen LogP contribution in [0.15, 0.2) is 74.9 Å². The van der Waals surface area contributed by atoms with Gasteiger partial charge in [0.1, 0.15) is 17.1 Å². The summed E-state index contributed by atoms with van der Waals surface area (Å²) in [5, 5.41) is 0. The molecule has 0 radical (unpaired) electrons. The summed E-state index contributed by atoms with van der Waals surface area (Å²) in [7, 11) is 1.90. The Balaban J connectivity index is 1.46. The molecule has 0 fully saturated rings. The van der Waals surface area contributed by atoms with Gasteiger partial charge in [-0.25, -0.2) is 9.19 Å². The van der Waals surface area contributed by atoms with Gasteiger partial charge in [-0.1, -0.05) is 13.0 Å². The molecule has 0 spiro atoms. The maximum atomic E-state index is 12.4. The summed E-state index contributed by atoms with van der Waals surface area (Å²) in [5.74, 6) is 1.60. The van der Waals surface area contributed by atoms with Crippen molar-refractivity contribution in [3.05, 3.63) is 61.1 Å². The van der Waals surface area contributed by atoms with E-state index < -0.39 is 16.7 Å². The number of unbranched alkanes of at least 4 members (excludes halogenated alkanes) is 1. The molecule has 8 nitrogen and oxygen atoms in total. The second-order valence-corrected chi connectivity index (χ2v) is 8.87. The number of anilines is 2. The third kappa shape index (κ3) is 5.24. The van der Waals surface area contributed by atoms with Gasteiger partial charge in [-0.2, -0.15) is 4.40 Å². The molecule has 0 saturated carbocycles. The first-order valence-electron chi connectivity index (χ1n) is 11.3. The largest absolute Gasteiger partial charge is 0.357 e. The number of allylic oxidation sites excluding steroid dienone is 1. The fraction of sp³-hybridized carbons (Fsp3) is 0.375. The predicted octanol–water partition coefficient (Wildman–Crippen LogP) is 3.81. The number of pyridine rings is 2. The average molecular weight is 464 g/mol. The van der Waals surface area contributed by atoms with Gasteiger partial charge in [0.05, 0.1) is 0 Å². The van der Waals surface area contributed by atoms with Crippen LogP contribution in [0.4, 0.5) is 11.5 Å². The molecule has 4 rings (SSSR count). The van der Waals surface area contributed by atoms with E-state index in [9.17, 15) is 4.21 Å².